The molecule has 1 saturated carbocycles. The van der Waals surface area contributed by atoms with Crippen molar-refractivity contribution < 1.29 is 4.79 Å². The molecule has 0 spiro atoms. The summed E-state index contributed by atoms with van der Waals surface area (Å²) < 4.78 is 0.603. The second kappa shape index (κ2) is 6.28. The Kier molecular flexibility index (Phi) is 4.35. The van der Waals surface area contributed by atoms with Gasteiger partial charge in [-0.25, -0.2) is 4.99 Å². The number of Topliss-reactive ketones (excluding diaryl/α,β-unsaturated/α-hetero) is 1. The second-order valence-electron chi connectivity index (χ2n) is 6.48. The highest BCUT2D eigenvalue weighted by Crippen LogP contribution is 2.32. The molecule has 1 aromatic heterocycles. The van der Waals surface area contributed by atoms with Crippen LogP contribution in [0.3, 0.4) is 0 Å². The average molecular weight is 330 g/mol. The fourth-order valence-corrected chi connectivity index (χ4v) is 3.05. The van der Waals surface area contributed by atoms with Crippen LogP contribution in [0.5, 0.6) is 0 Å². The Morgan fingerprint density at radius 1 is 1.43 bits per heavy atom. The number of aromatic amines is 1. The highest BCUT2D eigenvalue weighted by atomic mass is 32.1. The molecular weight excluding hydrogens is 308 g/mol. The average Bonchev–Trinajstić information content (AvgIpc) is 3.32. The molecule has 3 rings (SSSR count). The number of pyridine rings is 1. The monoisotopic (exact) mass is 330 g/mol. The Morgan fingerprint density at radius 3 is 2.83 bits per heavy atom. The summed E-state index contributed by atoms with van der Waals surface area (Å²) in [5.41, 5.74) is 3.14. The van der Waals surface area contributed by atoms with Gasteiger partial charge < -0.3 is 14.8 Å². The number of nitrogens with zero attached hydrogens (tertiary/aromatic N) is 3. The van der Waals surface area contributed by atoms with E-state index in [0.29, 0.717) is 28.4 Å². The van der Waals surface area contributed by atoms with Crippen LogP contribution in [0, 0.1) is 10.6 Å². The zero-order valence-electron chi connectivity index (χ0n) is 13.8. The Labute approximate surface area is 141 Å². The predicted molar refractivity (Wildman–Crippen MR) is 96.3 cm³/mol. The van der Waals surface area contributed by atoms with E-state index in [9.17, 15) is 4.79 Å². The van der Waals surface area contributed by atoms with Gasteiger partial charge in [-0.3, -0.25) is 4.79 Å². The summed E-state index contributed by atoms with van der Waals surface area (Å²) in [6, 6.07) is 1.96. The summed E-state index contributed by atoms with van der Waals surface area (Å²) in [6.07, 6.45) is 6.14. The summed E-state index contributed by atoms with van der Waals surface area (Å²) in [7, 11) is 3.93. The van der Waals surface area contributed by atoms with Gasteiger partial charge in [0.1, 0.15) is 4.64 Å². The van der Waals surface area contributed by atoms with Crippen molar-refractivity contribution in [1.29, 1.82) is 0 Å². The van der Waals surface area contributed by atoms with Crippen molar-refractivity contribution in [2.24, 2.45) is 10.9 Å². The normalized spacial score (nSPS) is 18.4. The standard InChI is InChI=1S/C17H22N4OS/c1-11-14(22)9-21(8-12-4-5-12)10-19-16(11)15-13(20(2)3)6-7-18-17(15)23/h6-7,10,12H,4-5,8-9H2,1-3H3,(H,18,23). The van der Waals surface area contributed by atoms with E-state index in [1.54, 1.807) is 0 Å². The molecule has 0 aromatic carbocycles. The van der Waals surface area contributed by atoms with Crippen LogP contribution in [0.15, 0.2) is 22.8 Å². The lowest BCUT2D eigenvalue weighted by atomic mass is 10.0. The summed E-state index contributed by atoms with van der Waals surface area (Å²) in [4.78, 5) is 24.3. The summed E-state index contributed by atoms with van der Waals surface area (Å²) >= 11 is 5.47. The van der Waals surface area contributed by atoms with E-state index in [1.165, 1.54) is 12.8 Å². The van der Waals surface area contributed by atoms with E-state index in [-0.39, 0.29) is 5.78 Å². The number of carbonyl (C=O) groups is 1. The first kappa shape index (κ1) is 15.9. The molecule has 23 heavy (non-hydrogen) atoms. The molecule has 122 valence electrons. The molecule has 0 saturated heterocycles. The van der Waals surface area contributed by atoms with Crippen molar-refractivity contribution in [2.75, 3.05) is 32.1 Å². The lowest BCUT2D eigenvalue weighted by molar-refractivity contribution is -0.115. The number of nitrogens with one attached hydrogen (secondary N) is 1. The molecule has 6 heteroatoms. The summed E-state index contributed by atoms with van der Waals surface area (Å²) in [6.45, 7) is 3.16. The van der Waals surface area contributed by atoms with E-state index in [0.717, 1.165) is 17.8 Å². The first-order chi connectivity index (χ1) is 11.0. The van der Waals surface area contributed by atoms with Gasteiger partial charge in [-0.1, -0.05) is 12.2 Å². The van der Waals surface area contributed by atoms with Gasteiger partial charge in [0.25, 0.3) is 0 Å². The highest BCUT2D eigenvalue weighted by molar-refractivity contribution is 7.71. The maximum absolute atomic E-state index is 12.6. The molecule has 2 aliphatic rings. The molecule has 5 nitrogen and oxygen atoms in total. The molecule has 0 bridgehead atoms. The molecule has 2 heterocycles. The third kappa shape index (κ3) is 3.37. The molecule has 1 aliphatic heterocycles. The summed E-state index contributed by atoms with van der Waals surface area (Å²) in [5.74, 6) is 0.828. The van der Waals surface area contributed by atoms with E-state index >= 15 is 0 Å². The zero-order valence-corrected chi connectivity index (χ0v) is 14.6. The third-order valence-electron chi connectivity index (χ3n) is 4.32. The molecule has 1 aliphatic carbocycles. The van der Waals surface area contributed by atoms with Gasteiger partial charge in [-0.2, -0.15) is 0 Å². The van der Waals surface area contributed by atoms with E-state index in [4.69, 9.17) is 12.2 Å². The quantitative estimate of drug-likeness (QED) is 0.863. The highest BCUT2D eigenvalue weighted by Gasteiger charge is 2.27. The maximum atomic E-state index is 12.6. The molecule has 0 amide bonds. The minimum absolute atomic E-state index is 0.112. The SMILES string of the molecule is CC1=C(c2c(N(C)C)cc[nH]c2=S)N=CN(CC2CC2)CC1=O. The van der Waals surface area contributed by atoms with Crippen molar-refractivity contribution in [1.82, 2.24) is 9.88 Å². The van der Waals surface area contributed by atoms with Crippen LogP contribution in [0.1, 0.15) is 25.3 Å². The van der Waals surface area contributed by atoms with Crippen molar-refractivity contribution in [3.8, 4) is 0 Å². The molecule has 1 fully saturated rings. The van der Waals surface area contributed by atoms with Crippen LogP contribution in [0.4, 0.5) is 5.69 Å². The van der Waals surface area contributed by atoms with Crippen molar-refractivity contribution in [2.45, 2.75) is 19.8 Å². The largest absolute Gasteiger partial charge is 0.377 e. The predicted octanol–water partition coefficient (Wildman–Crippen LogP) is 2.86. The first-order valence-electron chi connectivity index (χ1n) is 7.89. The van der Waals surface area contributed by atoms with Gasteiger partial charge in [-0.15, -0.1) is 0 Å². The van der Waals surface area contributed by atoms with Crippen LogP contribution in [0.25, 0.3) is 5.70 Å². The molecular formula is C17H22N4OS. The Morgan fingerprint density at radius 2 is 2.17 bits per heavy atom. The molecule has 1 N–H and O–H groups in total. The number of hydrogen-bond acceptors (Lipinski definition) is 5. The molecule has 0 unspecified atom stereocenters. The van der Waals surface area contributed by atoms with E-state index < -0.39 is 0 Å². The fraction of sp³-hybridized carbons (Fsp3) is 0.471. The van der Waals surface area contributed by atoms with Gasteiger partial charge >= 0.3 is 0 Å². The number of aliphatic imine (C=N–C) groups is 1. The summed E-state index contributed by atoms with van der Waals surface area (Å²) in [5, 5.41) is 0. The molecule has 0 atom stereocenters. The first-order valence-corrected chi connectivity index (χ1v) is 8.30. The number of anilines is 1. The van der Waals surface area contributed by atoms with Crippen LogP contribution in [-0.2, 0) is 4.79 Å². The van der Waals surface area contributed by atoms with Crippen LogP contribution >= 0.6 is 12.2 Å². The van der Waals surface area contributed by atoms with Gasteiger partial charge in [-0.05, 0) is 31.7 Å². The lowest BCUT2D eigenvalue weighted by Gasteiger charge is -2.18. The topological polar surface area (TPSA) is 51.7 Å². The number of ketones is 1. The zero-order chi connectivity index (χ0) is 16.6. The third-order valence-corrected chi connectivity index (χ3v) is 4.64. The number of carbonyl (C=O) groups excluding carboxylic acids is 1. The molecule has 1 aromatic rings. The van der Waals surface area contributed by atoms with Gasteiger partial charge in [0.05, 0.1) is 29.8 Å². The minimum Gasteiger partial charge on any atom is -0.377 e. The smallest absolute Gasteiger partial charge is 0.180 e. The van der Waals surface area contributed by atoms with Gasteiger partial charge in [0.15, 0.2) is 5.78 Å². The van der Waals surface area contributed by atoms with Gasteiger partial charge in [0, 0.05) is 32.4 Å². The van der Waals surface area contributed by atoms with Crippen molar-refractivity contribution in [3.05, 3.63) is 28.0 Å². The number of rotatable bonds is 4. The fourth-order valence-electron chi connectivity index (χ4n) is 2.78. The van der Waals surface area contributed by atoms with Crippen molar-refractivity contribution >= 4 is 35.7 Å². The lowest BCUT2D eigenvalue weighted by Crippen LogP contribution is -2.29. The second-order valence-corrected chi connectivity index (χ2v) is 6.88. The minimum atomic E-state index is 0.112. The maximum Gasteiger partial charge on any atom is 0.180 e. The van der Waals surface area contributed by atoms with Crippen LogP contribution in [0.2, 0.25) is 0 Å². The number of aromatic nitrogens is 1. The number of H-pyrrole nitrogens is 1. The van der Waals surface area contributed by atoms with Crippen LogP contribution in [-0.4, -0.2) is 49.2 Å². The van der Waals surface area contributed by atoms with E-state index in [2.05, 4.69) is 9.98 Å². The van der Waals surface area contributed by atoms with Crippen LogP contribution < -0.4 is 4.90 Å². The number of hydrogen-bond donors (Lipinski definition) is 1. The Bertz CT molecular complexity index is 743. The van der Waals surface area contributed by atoms with Gasteiger partial charge in [0.2, 0.25) is 0 Å². The molecule has 0 radical (unpaired) electrons. The Hall–Kier alpha value is -1.95. The van der Waals surface area contributed by atoms with Crippen molar-refractivity contribution in [3.63, 3.8) is 0 Å². The Balaban J connectivity index is 2.04. The van der Waals surface area contributed by atoms with E-state index in [1.807, 2.05) is 49.4 Å².